The summed E-state index contributed by atoms with van der Waals surface area (Å²) in [5.74, 6) is 0.664. The first-order chi connectivity index (χ1) is 4.62. The Kier molecular flexibility index (Phi) is 3.82. The molecule has 0 aliphatic heterocycles. The summed E-state index contributed by atoms with van der Waals surface area (Å²) in [4.78, 5) is 0. The maximum Gasteiger partial charge on any atom is 0.0628 e. The van der Waals surface area contributed by atoms with Crippen LogP contribution >= 0.6 is 12.4 Å². The molecule has 0 heterocycles. The van der Waals surface area contributed by atoms with Crippen LogP contribution in [0.25, 0.3) is 0 Å². The van der Waals surface area contributed by atoms with E-state index < -0.39 is 0 Å². The molecule has 0 radical (unpaired) electrons. The first-order valence-corrected chi connectivity index (χ1v) is 3.85. The largest absolute Gasteiger partial charge is 0.381 e. The van der Waals surface area contributed by atoms with E-state index in [0.29, 0.717) is 17.4 Å². The van der Waals surface area contributed by atoms with Gasteiger partial charge in [0.2, 0.25) is 0 Å². The van der Waals surface area contributed by atoms with Gasteiger partial charge in [-0.25, -0.2) is 0 Å². The third-order valence-electron chi connectivity index (χ3n) is 2.95. The molecule has 1 saturated carbocycles. The van der Waals surface area contributed by atoms with Gasteiger partial charge in [-0.15, -0.1) is 12.4 Å². The van der Waals surface area contributed by atoms with Crippen LogP contribution in [-0.2, 0) is 4.74 Å². The Balaban J connectivity index is 0.000001000. The Morgan fingerprint density at radius 2 is 2.09 bits per heavy atom. The number of rotatable bonds is 2. The first-order valence-electron chi connectivity index (χ1n) is 3.85. The molecule has 68 valence electrons. The maximum atomic E-state index is 5.57. The Morgan fingerprint density at radius 3 is 2.36 bits per heavy atom. The van der Waals surface area contributed by atoms with Crippen LogP contribution in [0.5, 0.6) is 0 Å². The lowest BCUT2D eigenvalue weighted by atomic mass is 9.60. The number of halogens is 1. The van der Waals surface area contributed by atoms with Gasteiger partial charge in [-0.1, -0.05) is 13.8 Å². The fourth-order valence-corrected chi connectivity index (χ4v) is 1.77. The molecule has 0 spiro atoms. The molecule has 0 amide bonds. The topological polar surface area (TPSA) is 35.2 Å². The predicted octanol–water partition coefficient (Wildman–Crippen LogP) is 1.43. The van der Waals surface area contributed by atoms with E-state index in [1.807, 2.05) is 0 Å². The fourth-order valence-electron chi connectivity index (χ4n) is 1.77. The minimum atomic E-state index is 0. The third-order valence-corrected chi connectivity index (χ3v) is 2.95. The van der Waals surface area contributed by atoms with Crippen LogP contribution in [0.4, 0.5) is 0 Å². The highest BCUT2D eigenvalue weighted by atomic mass is 35.5. The smallest absolute Gasteiger partial charge is 0.0628 e. The van der Waals surface area contributed by atoms with Crippen LogP contribution in [0.15, 0.2) is 0 Å². The molecule has 1 rings (SSSR count). The highest BCUT2D eigenvalue weighted by molar-refractivity contribution is 5.85. The van der Waals surface area contributed by atoms with Crippen LogP contribution in [0.1, 0.15) is 20.3 Å². The van der Waals surface area contributed by atoms with Crippen LogP contribution in [0.3, 0.4) is 0 Å². The number of ether oxygens (including phenoxy) is 1. The van der Waals surface area contributed by atoms with Crippen molar-refractivity contribution in [2.75, 3.05) is 13.7 Å². The molecule has 1 aliphatic rings. The second-order valence-electron chi connectivity index (χ2n) is 3.71. The molecule has 0 bridgehead atoms. The van der Waals surface area contributed by atoms with E-state index in [2.05, 4.69) is 13.8 Å². The van der Waals surface area contributed by atoms with E-state index in [4.69, 9.17) is 10.5 Å². The van der Waals surface area contributed by atoms with E-state index in [1.54, 1.807) is 7.11 Å². The van der Waals surface area contributed by atoms with Crippen LogP contribution in [0.2, 0.25) is 0 Å². The zero-order valence-corrected chi connectivity index (χ0v) is 8.28. The van der Waals surface area contributed by atoms with Crippen molar-refractivity contribution in [3.8, 4) is 0 Å². The normalized spacial score (nSPS) is 33.8. The molecular formula is C8H18ClNO. The Bertz CT molecular complexity index is 115. The van der Waals surface area contributed by atoms with E-state index in [9.17, 15) is 0 Å². The van der Waals surface area contributed by atoms with E-state index in [1.165, 1.54) is 0 Å². The zero-order chi connectivity index (χ0) is 7.78. The van der Waals surface area contributed by atoms with E-state index in [0.717, 1.165) is 13.0 Å². The van der Waals surface area contributed by atoms with Gasteiger partial charge >= 0.3 is 0 Å². The van der Waals surface area contributed by atoms with Crippen molar-refractivity contribution < 1.29 is 4.74 Å². The van der Waals surface area contributed by atoms with Gasteiger partial charge in [0.25, 0.3) is 0 Å². The Labute approximate surface area is 74.9 Å². The lowest BCUT2D eigenvalue weighted by molar-refractivity contribution is -0.116. The summed E-state index contributed by atoms with van der Waals surface area (Å²) in [6, 6.07) is 0. The standard InChI is InChI=1S/C8H17NO.ClH/c1-8(2)6(5-9)4-7(8)10-3;/h6-7H,4-5,9H2,1-3H3;1H. The molecule has 2 atom stereocenters. The summed E-state index contributed by atoms with van der Waals surface area (Å²) in [5.41, 5.74) is 5.88. The molecule has 1 fully saturated rings. The molecule has 3 heteroatoms. The maximum absolute atomic E-state index is 5.57. The van der Waals surface area contributed by atoms with Crippen molar-refractivity contribution in [2.24, 2.45) is 17.1 Å². The molecule has 0 aromatic heterocycles. The molecule has 2 unspecified atom stereocenters. The van der Waals surface area contributed by atoms with Gasteiger partial charge in [0.05, 0.1) is 6.10 Å². The van der Waals surface area contributed by atoms with Gasteiger partial charge in [0.1, 0.15) is 0 Å². The summed E-state index contributed by atoms with van der Waals surface area (Å²) in [7, 11) is 1.78. The lowest BCUT2D eigenvalue weighted by Crippen LogP contribution is -2.52. The van der Waals surface area contributed by atoms with Gasteiger partial charge in [-0.2, -0.15) is 0 Å². The minimum Gasteiger partial charge on any atom is -0.381 e. The van der Waals surface area contributed by atoms with Crippen LogP contribution in [-0.4, -0.2) is 19.8 Å². The molecule has 0 aromatic rings. The summed E-state index contributed by atoms with van der Waals surface area (Å²) in [5, 5.41) is 0. The molecular weight excluding hydrogens is 162 g/mol. The van der Waals surface area contributed by atoms with Gasteiger partial charge in [-0.05, 0) is 24.3 Å². The van der Waals surface area contributed by atoms with Crippen molar-refractivity contribution in [3.05, 3.63) is 0 Å². The monoisotopic (exact) mass is 179 g/mol. The average molecular weight is 180 g/mol. The summed E-state index contributed by atoms with van der Waals surface area (Å²) >= 11 is 0. The summed E-state index contributed by atoms with van der Waals surface area (Å²) in [6.45, 7) is 5.25. The molecule has 11 heavy (non-hydrogen) atoms. The molecule has 1 aliphatic carbocycles. The molecule has 0 saturated heterocycles. The fraction of sp³-hybridized carbons (Fsp3) is 1.00. The van der Waals surface area contributed by atoms with Crippen molar-refractivity contribution in [3.63, 3.8) is 0 Å². The molecule has 2 nitrogen and oxygen atoms in total. The SMILES string of the molecule is COC1CC(CN)C1(C)C.Cl. The average Bonchev–Trinajstić information content (AvgIpc) is 1.88. The van der Waals surface area contributed by atoms with Gasteiger partial charge in [0, 0.05) is 7.11 Å². The highest BCUT2D eigenvalue weighted by Crippen LogP contribution is 2.46. The van der Waals surface area contributed by atoms with Crippen molar-refractivity contribution >= 4 is 12.4 Å². The van der Waals surface area contributed by atoms with Crippen molar-refractivity contribution in [1.29, 1.82) is 0 Å². The first kappa shape index (κ1) is 11.2. The Morgan fingerprint density at radius 1 is 1.55 bits per heavy atom. The predicted molar refractivity (Wildman–Crippen MR) is 49.0 cm³/mol. The summed E-state index contributed by atoms with van der Waals surface area (Å²) in [6.07, 6.45) is 1.57. The van der Waals surface area contributed by atoms with Gasteiger partial charge in [0.15, 0.2) is 0 Å². The number of nitrogens with two attached hydrogens (primary N) is 1. The number of hydrogen-bond donors (Lipinski definition) is 1. The van der Waals surface area contributed by atoms with Crippen molar-refractivity contribution in [1.82, 2.24) is 0 Å². The highest BCUT2D eigenvalue weighted by Gasteiger charge is 2.47. The van der Waals surface area contributed by atoms with E-state index >= 15 is 0 Å². The quantitative estimate of drug-likeness (QED) is 0.696. The van der Waals surface area contributed by atoms with Gasteiger partial charge in [-0.3, -0.25) is 0 Å². The zero-order valence-electron chi connectivity index (χ0n) is 7.46. The van der Waals surface area contributed by atoms with Crippen molar-refractivity contribution in [2.45, 2.75) is 26.4 Å². The van der Waals surface area contributed by atoms with E-state index in [-0.39, 0.29) is 12.4 Å². The molecule has 0 aromatic carbocycles. The molecule has 2 N–H and O–H groups in total. The Hall–Kier alpha value is 0.210. The minimum absolute atomic E-state index is 0. The van der Waals surface area contributed by atoms with Gasteiger partial charge < -0.3 is 10.5 Å². The number of methoxy groups -OCH3 is 1. The second-order valence-corrected chi connectivity index (χ2v) is 3.71. The van der Waals surface area contributed by atoms with Crippen LogP contribution < -0.4 is 5.73 Å². The lowest BCUT2D eigenvalue weighted by Gasteiger charge is -2.50. The van der Waals surface area contributed by atoms with Crippen LogP contribution in [0, 0.1) is 11.3 Å². The third kappa shape index (κ3) is 1.68. The second kappa shape index (κ2) is 3.74. The number of hydrogen-bond acceptors (Lipinski definition) is 2. The summed E-state index contributed by atoms with van der Waals surface area (Å²) < 4.78 is 5.28.